The van der Waals surface area contributed by atoms with Crippen LogP contribution < -0.4 is 5.56 Å². The SMILES string of the molecule is CCOC(=O)c1cn(-c2cccc(Br)c2)[nH]c1=O. The van der Waals surface area contributed by atoms with Gasteiger partial charge in [-0.25, -0.2) is 4.79 Å². The van der Waals surface area contributed by atoms with Crippen LogP contribution in [0, 0.1) is 0 Å². The molecule has 1 N–H and O–H groups in total. The Morgan fingerprint density at radius 3 is 2.94 bits per heavy atom. The van der Waals surface area contributed by atoms with E-state index in [1.54, 1.807) is 6.92 Å². The number of carbonyl (C=O) groups is 1. The first-order valence-electron chi connectivity index (χ1n) is 5.36. The molecule has 0 aliphatic heterocycles. The van der Waals surface area contributed by atoms with Crippen LogP contribution in [0.25, 0.3) is 5.69 Å². The van der Waals surface area contributed by atoms with Gasteiger partial charge in [0.25, 0.3) is 5.56 Å². The number of aromatic nitrogens is 2. The largest absolute Gasteiger partial charge is 0.462 e. The van der Waals surface area contributed by atoms with Crippen LogP contribution in [0.1, 0.15) is 17.3 Å². The minimum absolute atomic E-state index is 0.00294. The van der Waals surface area contributed by atoms with Crippen molar-refractivity contribution in [3.63, 3.8) is 0 Å². The molecular weight excluding hydrogens is 300 g/mol. The molecule has 1 aromatic heterocycles. The molecule has 2 aromatic rings. The first-order valence-corrected chi connectivity index (χ1v) is 6.16. The second kappa shape index (κ2) is 5.22. The highest BCUT2D eigenvalue weighted by Crippen LogP contribution is 2.14. The minimum atomic E-state index is -0.618. The van der Waals surface area contributed by atoms with Crippen molar-refractivity contribution in [2.75, 3.05) is 6.61 Å². The van der Waals surface area contributed by atoms with E-state index >= 15 is 0 Å². The Balaban J connectivity index is 2.40. The number of ether oxygens (including phenoxy) is 1. The van der Waals surface area contributed by atoms with Crippen molar-refractivity contribution in [1.29, 1.82) is 0 Å². The summed E-state index contributed by atoms with van der Waals surface area (Å²) in [5.74, 6) is -0.618. The lowest BCUT2D eigenvalue weighted by Gasteiger charge is -2.01. The second-order valence-corrected chi connectivity index (χ2v) is 4.47. The van der Waals surface area contributed by atoms with Crippen LogP contribution in [0.3, 0.4) is 0 Å². The van der Waals surface area contributed by atoms with E-state index in [0.29, 0.717) is 0 Å². The number of nitrogens with zero attached hydrogens (tertiary/aromatic N) is 1. The predicted molar refractivity (Wildman–Crippen MR) is 70.0 cm³/mol. The van der Waals surface area contributed by atoms with Gasteiger partial charge in [-0.05, 0) is 25.1 Å². The van der Waals surface area contributed by atoms with Gasteiger partial charge in [0.15, 0.2) is 0 Å². The smallest absolute Gasteiger partial charge is 0.345 e. The Morgan fingerprint density at radius 2 is 2.28 bits per heavy atom. The minimum Gasteiger partial charge on any atom is -0.462 e. The summed E-state index contributed by atoms with van der Waals surface area (Å²) < 4.78 is 7.17. The third-order valence-corrected chi connectivity index (χ3v) is 2.80. The molecule has 1 heterocycles. The van der Waals surface area contributed by atoms with Crippen molar-refractivity contribution in [2.24, 2.45) is 0 Å². The maximum absolute atomic E-state index is 11.6. The summed E-state index contributed by atoms with van der Waals surface area (Å²) in [7, 11) is 0. The molecular formula is C12H11BrN2O3. The normalized spacial score (nSPS) is 10.3. The lowest BCUT2D eigenvalue weighted by atomic mass is 10.3. The zero-order valence-corrected chi connectivity index (χ0v) is 11.2. The third-order valence-electron chi connectivity index (χ3n) is 2.31. The molecule has 0 aliphatic rings. The summed E-state index contributed by atoms with van der Waals surface area (Å²) >= 11 is 3.34. The summed E-state index contributed by atoms with van der Waals surface area (Å²) in [6.45, 7) is 1.93. The molecule has 6 heteroatoms. The number of benzene rings is 1. The van der Waals surface area contributed by atoms with E-state index in [1.165, 1.54) is 10.9 Å². The topological polar surface area (TPSA) is 64.1 Å². The van der Waals surface area contributed by atoms with Gasteiger partial charge >= 0.3 is 5.97 Å². The van der Waals surface area contributed by atoms with Crippen LogP contribution >= 0.6 is 15.9 Å². The monoisotopic (exact) mass is 310 g/mol. The van der Waals surface area contributed by atoms with Crippen molar-refractivity contribution in [1.82, 2.24) is 9.78 Å². The highest BCUT2D eigenvalue weighted by molar-refractivity contribution is 9.10. The van der Waals surface area contributed by atoms with Crippen molar-refractivity contribution in [2.45, 2.75) is 6.92 Å². The summed E-state index contributed by atoms with van der Waals surface area (Å²) in [5.41, 5.74) is 0.280. The average Bonchev–Trinajstić information content (AvgIpc) is 2.72. The standard InChI is InChI=1S/C12H11BrN2O3/c1-2-18-12(17)10-7-15(14-11(10)16)9-5-3-4-8(13)6-9/h3-7H,2H2,1H3,(H,14,16). The molecule has 0 aliphatic carbocycles. The van der Waals surface area contributed by atoms with Gasteiger partial charge < -0.3 is 4.74 Å². The van der Waals surface area contributed by atoms with E-state index in [4.69, 9.17) is 4.74 Å². The number of H-pyrrole nitrogens is 1. The van der Waals surface area contributed by atoms with Crippen molar-refractivity contribution < 1.29 is 9.53 Å². The van der Waals surface area contributed by atoms with Crippen LogP contribution in [0.4, 0.5) is 0 Å². The van der Waals surface area contributed by atoms with Gasteiger partial charge in [0.2, 0.25) is 0 Å². The Labute approximate surface area is 111 Å². The predicted octanol–water partition coefficient (Wildman–Crippen LogP) is 2.10. The molecule has 5 nitrogen and oxygen atoms in total. The molecule has 0 spiro atoms. The van der Waals surface area contributed by atoms with Crippen molar-refractivity contribution >= 4 is 21.9 Å². The van der Waals surface area contributed by atoms with Crippen LogP contribution in [-0.2, 0) is 4.74 Å². The molecule has 0 atom stereocenters. The lowest BCUT2D eigenvalue weighted by molar-refractivity contribution is 0.0525. The van der Waals surface area contributed by atoms with Gasteiger partial charge in [-0.2, -0.15) is 0 Å². The Hall–Kier alpha value is -1.82. The van der Waals surface area contributed by atoms with Crippen LogP contribution in [-0.4, -0.2) is 22.4 Å². The Morgan fingerprint density at radius 1 is 1.50 bits per heavy atom. The molecule has 94 valence electrons. The molecule has 2 rings (SSSR count). The highest BCUT2D eigenvalue weighted by atomic mass is 79.9. The van der Waals surface area contributed by atoms with Gasteiger partial charge in [-0.3, -0.25) is 14.6 Å². The fourth-order valence-electron chi connectivity index (χ4n) is 1.51. The van der Waals surface area contributed by atoms with E-state index in [0.717, 1.165) is 10.2 Å². The first kappa shape index (κ1) is 12.6. The highest BCUT2D eigenvalue weighted by Gasteiger charge is 2.14. The van der Waals surface area contributed by atoms with Gasteiger partial charge in [-0.1, -0.05) is 22.0 Å². The number of hydrogen-bond acceptors (Lipinski definition) is 3. The lowest BCUT2D eigenvalue weighted by Crippen LogP contribution is -2.14. The fraction of sp³-hybridized carbons (Fsp3) is 0.167. The fourth-order valence-corrected chi connectivity index (χ4v) is 1.90. The summed E-state index contributed by atoms with van der Waals surface area (Å²) in [4.78, 5) is 23.1. The van der Waals surface area contributed by atoms with Gasteiger partial charge in [-0.15, -0.1) is 0 Å². The Bertz CT molecular complexity index is 630. The number of halogens is 1. The van der Waals surface area contributed by atoms with Crippen LogP contribution in [0.5, 0.6) is 0 Å². The van der Waals surface area contributed by atoms with Gasteiger partial charge in [0.05, 0.1) is 12.3 Å². The van der Waals surface area contributed by atoms with E-state index < -0.39 is 11.5 Å². The van der Waals surface area contributed by atoms with E-state index in [-0.39, 0.29) is 12.2 Å². The summed E-state index contributed by atoms with van der Waals surface area (Å²) in [6.07, 6.45) is 1.43. The second-order valence-electron chi connectivity index (χ2n) is 3.55. The molecule has 0 radical (unpaired) electrons. The summed E-state index contributed by atoms with van der Waals surface area (Å²) in [5, 5.41) is 2.57. The molecule has 18 heavy (non-hydrogen) atoms. The number of nitrogens with one attached hydrogen (secondary N) is 1. The zero-order chi connectivity index (χ0) is 13.1. The zero-order valence-electron chi connectivity index (χ0n) is 9.64. The van der Waals surface area contributed by atoms with Crippen molar-refractivity contribution in [3.05, 3.63) is 50.9 Å². The molecule has 0 bridgehead atoms. The number of esters is 1. The van der Waals surface area contributed by atoms with Gasteiger partial charge in [0.1, 0.15) is 5.56 Å². The van der Waals surface area contributed by atoms with Crippen molar-refractivity contribution in [3.8, 4) is 5.69 Å². The maximum atomic E-state index is 11.6. The van der Waals surface area contributed by atoms with Crippen LogP contribution in [0.15, 0.2) is 39.7 Å². The van der Waals surface area contributed by atoms with E-state index in [2.05, 4.69) is 21.0 Å². The number of aromatic amines is 1. The molecule has 0 saturated heterocycles. The van der Waals surface area contributed by atoms with E-state index in [1.807, 2.05) is 24.3 Å². The summed E-state index contributed by atoms with van der Waals surface area (Å²) in [6, 6.07) is 7.35. The first-order chi connectivity index (χ1) is 8.61. The quantitative estimate of drug-likeness (QED) is 0.883. The third kappa shape index (κ3) is 2.53. The van der Waals surface area contributed by atoms with Gasteiger partial charge in [0, 0.05) is 10.7 Å². The van der Waals surface area contributed by atoms with Crippen LogP contribution in [0.2, 0.25) is 0 Å². The molecule has 1 aromatic carbocycles. The Kier molecular flexibility index (Phi) is 3.66. The number of rotatable bonds is 3. The number of hydrogen-bond donors (Lipinski definition) is 1. The molecule has 0 amide bonds. The van der Waals surface area contributed by atoms with E-state index in [9.17, 15) is 9.59 Å². The molecule has 0 saturated carbocycles. The molecule has 0 unspecified atom stereocenters. The molecule has 0 fully saturated rings. The average molecular weight is 311 g/mol. The number of carbonyl (C=O) groups excluding carboxylic acids is 1. The maximum Gasteiger partial charge on any atom is 0.345 e.